The molecule has 0 saturated heterocycles. The minimum Gasteiger partial charge on any atom is -0.497 e. The highest BCUT2D eigenvalue weighted by molar-refractivity contribution is 7.98. The number of H-pyrrole nitrogens is 2. The molecule has 246 valence electrons. The quantitative estimate of drug-likeness (QED) is 0.147. The van der Waals surface area contributed by atoms with Crippen LogP contribution >= 0.6 is 11.8 Å². The lowest BCUT2D eigenvalue weighted by Crippen LogP contribution is -2.05. The highest BCUT2D eigenvalue weighted by Crippen LogP contribution is 2.30. The van der Waals surface area contributed by atoms with Crippen LogP contribution in [0.5, 0.6) is 23.0 Å². The average Bonchev–Trinajstić information content (AvgIpc) is 3.79. The Labute approximate surface area is 314 Å². The molecule has 0 bridgehead atoms. The number of hydrogen-bond acceptors (Lipinski definition) is 10. The van der Waals surface area contributed by atoms with Gasteiger partial charge in [0.15, 0.2) is 10.3 Å². The van der Waals surface area contributed by atoms with Gasteiger partial charge in [0, 0.05) is 74.4 Å². The molecule has 6 aromatic rings. The molecule has 0 fully saturated rings. The van der Waals surface area contributed by atoms with Crippen LogP contribution in [-0.2, 0) is 22.2 Å². The summed E-state index contributed by atoms with van der Waals surface area (Å²) in [5, 5.41) is -0.410. The van der Waals surface area contributed by atoms with Crippen molar-refractivity contribution in [2.75, 3.05) is 28.3 Å². The predicted octanol–water partition coefficient (Wildman–Crippen LogP) is 6.78. The molecule has 0 aliphatic rings. The standard InChI is InChI=1S/C17H19N3O3S.C17H19N3O2S/c1-10-8-18-15(11(2)16(10)23-4)9-24(21)17-19-13-6-5-12(22-3)7-14(13)20-17;1-10-8-18-15(11(2)16(10)22-4)9-23-17-19-13-6-5-12(21-3)7-14(13)20-17/h5-8H,9H2,1-4H3,(H,19,20);5-8H,9H2,1-4H3,(H,19,20)/i2*1D3,2D3,4D3,8D,9D2. The molecule has 0 amide bonds. The smallest absolute Gasteiger partial charge is 0.197 e. The Kier molecular flexibility index (Phi) is 4.63. The lowest BCUT2D eigenvalue weighted by atomic mass is 10.1. The highest BCUT2D eigenvalue weighted by Gasteiger charge is 2.16. The molecule has 0 aliphatic heterocycles. The number of nitrogens with zero attached hydrogens (tertiary/aromatic N) is 4. The number of rotatable bonds is 10. The van der Waals surface area contributed by atoms with Gasteiger partial charge in [0.1, 0.15) is 23.0 Å². The molecule has 4 heterocycles. The Morgan fingerprint density at radius 2 is 1.40 bits per heavy atom. The van der Waals surface area contributed by atoms with Crippen LogP contribution in [-0.4, -0.2) is 62.4 Å². The van der Waals surface area contributed by atoms with Crippen molar-refractivity contribution in [3.63, 3.8) is 0 Å². The zero-order valence-electron chi connectivity index (χ0n) is 48.1. The molecule has 0 spiro atoms. The summed E-state index contributed by atoms with van der Waals surface area (Å²) in [5.74, 6) is -1.47. The summed E-state index contributed by atoms with van der Waals surface area (Å²) < 4.78 is 221. The Bertz CT molecular complexity index is 2980. The molecule has 2 N–H and O–H groups in total. The molecule has 4 aromatic heterocycles. The van der Waals surface area contributed by atoms with Gasteiger partial charge >= 0.3 is 0 Å². The van der Waals surface area contributed by atoms with Crippen molar-refractivity contribution in [2.24, 2.45) is 0 Å². The van der Waals surface area contributed by atoms with Crippen molar-refractivity contribution in [3.05, 3.63) is 82.4 Å². The summed E-state index contributed by atoms with van der Waals surface area (Å²) in [6, 6.07) is 9.42. The monoisotopic (exact) mass is 698 g/mol. The Morgan fingerprint density at radius 1 is 0.809 bits per heavy atom. The number of benzene rings is 2. The molecule has 0 saturated carbocycles. The summed E-state index contributed by atoms with van der Waals surface area (Å²) in [6.45, 7) is -13.0. The first kappa shape index (κ1) is 14.7. The largest absolute Gasteiger partial charge is 0.497 e. The second-order valence-electron chi connectivity index (χ2n) is 8.93. The summed E-state index contributed by atoms with van der Waals surface area (Å²) in [7, 11) is -6.58. The molecule has 0 radical (unpaired) electrons. The minimum atomic E-state index is -3.38. The molecular weight excluding hydrogens is 637 g/mol. The number of fused-ring (bicyclic) bond motifs is 2. The molecule has 11 nitrogen and oxygen atoms in total. The maximum absolute atomic E-state index is 13.3. The van der Waals surface area contributed by atoms with Crippen molar-refractivity contribution >= 4 is 44.6 Å². The van der Waals surface area contributed by atoms with E-state index in [0.717, 1.165) is 0 Å². The van der Waals surface area contributed by atoms with Crippen molar-refractivity contribution in [1.29, 1.82) is 0 Å². The fourth-order valence-electron chi connectivity index (χ4n) is 3.81. The zero-order chi connectivity index (χ0) is 54.0. The molecule has 1 atom stereocenters. The maximum Gasteiger partial charge on any atom is 0.197 e. The second kappa shape index (κ2) is 14.9. The summed E-state index contributed by atoms with van der Waals surface area (Å²) >= 11 is 0.410. The van der Waals surface area contributed by atoms with Gasteiger partial charge in [0.2, 0.25) is 0 Å². The van der Waals surface area contributed by atoms with Gasteiger partial charge in [-0.3, -0.25) is 14.2 Å². The highest BCUT2D eigenvalue weighted by atomic mass is 32.2. The SMILES string of the molecule is [2H]c1nc(C([2H])([2H])S(=O)c2nc3ccc(OC)cc3[nH]2)c(C([2H])([2H])[2H])c(OC([2H])([2H])[2H])c1C([2H])([2H])[2H].[2H]c1nc(C([2H])([2H])Sc2nc3ccc(OC)cc3[nH]2)c(C([2H])([2H])[2H])c(OC([2H])([2H])[2H])c1C([2H])([2H])[2H]. The van der Waals surface area contributed by atoms with Crippen LogP contribution in [0.1, 0.15) is 66.5 Å². The van der Waals surface area contributed by atoms with E-state index in [1.807, 2.05) is 0 Å². The van der Waals surface area contributed by atoms with Gasteiger partial charge in [-0.05, 0) is 51.7 Å². The van der Waals surface area contributed by atoms with E-state index in [0.29, 0.717) is 39.8 Å². The van der Waals surface area contributed by atoms with Crippen molar-refractivity contribution in [2.45, 2.75) is 49.1 Å². The number of pyridine rings is 2. The third-order valence-corrected chi connectivity index (χ3v) is 7.69. The first-order valence-corrected chi connectivity index (χ1v) is 14.8. The van der Waals surface area contributed by atoms with Crippen LogP contribution in [0.2, 0.25) is 0 Å². The number of ether oxygens (including phenoxy) is 4. The summed E-state index contributed by atoms with van der Waals surface area (Å²) in [5.41, 5.74) is -10.8. The molecule has 2 aromatic carbocycles. The van der Waals surface area contributed by atoms with E-state index in [1.165, 1.54) is 26.4 Å². The zero-order valence-corrected chi connectivity index (χ0v) is 25.7. The Hall–Kier alpha value is -4.62. The van der Waals surface area contributed by atoms with Crippen molar-refractivity contribution < 1.29 is 56.1 Å². The lowest BCUT2D eigenvalue weighted by Gasteiger charge is -2.11. The van der Waals surface area contributed by atoms with Gasteiger partial charge in [0.05, 0.1) is 89.2 Å². The topological polar surface area (TPSA) is 137 Å². The number of nitrogens with one attached hydrogen (secondary N) is 2. The fraction of sp³-hybridized carbons (Fsp3) is 0.294. The number of methoxy groups -OCH3 is 4. The second-order valence-corrected chi connectivity index (χ2v) is 10.9. The van der Waals surface area contributed by atoms with Gasteiger partial charge in [-0.15, -0.1) is 0 Å². The van der Waals surface area contributed by atoms with E-state index in [1.54, 1.807) is 24.3 Å². The third-order valence-electron chi connectivity index (χ3n) is 6.09. The third kappa shape index (κ3) is 7.52. The van der Waals surface area contributed by atoms with Gasteiger partial charge < -0.3 is 28.9 Å². The fourth-order valence-corrected chi connectivity index (χ4v) is 5.26. The average molecular weight is 699 g/mol. The molecular formula is C34H38N6O5S2. The van der Waals surface area contributed by atoms with Crippen LogP contribution in [0.15, 0.2) is 59.1 Å². The first-order valence-electron chi connectivity index (χ1n) is 24.8. The van der Waals surface area contributed by atoms with Gasteiger partial charge in [-0.1, -0.05) is 11.8 Å². The summed E-state index contributed by atoms with van der Waals surface area (Å²) in [6.07, 6.45) is -2.20. The van der Waals surface area contributed by atoms with E-state index >= 15 is 0 Å². The molecule has 13 heteroatoms. The molecule has 47 heavy (non-hydrogen) atoms. The first-order chi connectivity index (χ1) is 32.1. The van der Waals surface area contributed by atoms with Crippen molar-refractivity contribution in [1.82, 2.24) is 29.9 Å². The van der Waals surface area contributed by atoms with E-state index in [2.05, 4.69) is 29.9 Å². The maximum atomic E-state index is 13.3. The predicted molar refractivity (Wildman–Crippen MR) is 185 cm³/mol. The van der Waals surface area contributed by atoms with Crippen molar-refractivity contribution in [3.8, 4) is 23.0 Å². The molecule has 1 unspecified atom stereocenters. The molecule has 0 aliphatic carbocycles. The number of hydrogen-bond donors (Lipinski definition) is 2. The van der Waals surface area contributed by atoms with Crippen LogP contribution in [0.25, 0.3) is 22.1 Å². The number of aromatic nitrogens is 6. The lowest BCUT2D eigenvalue weighted by molar-refractivity contribution is 0.407. The number of thioether (sulfide) groups is 1. The minimum absolute atomic E-state index is 0.0151. The van der Waals surface area contributed by atoms with Gasteiger partial charge in [-0.25, -0.2) is 9.97 Å². The van der Waals surface area contributed by atoms with Crippen LogP contribution in [0.4, 0.5) is 0 Å². The number of aromatic amines is 2. The van der Waals surface area contributed by atoms with Crippen LogP contribution in [0, 0.1) is 27.4 Å². The number of imidazole rings is 2. The molecule has 6 rings (SSSR count). The Morgan fingerprint density at radius 3 is 2.00 bits per heavy atom. The van der Waals surface area contributed by atoms with Gasteiger partial charge in [-0.2, -0.15) is 0 Å². The normalized spacial score (nSPS) is 21.4. The summed E-state index contributed by atoms with van der Waals surface area (Å²) in [4.78, 5) is 21.0. The van der Waals surface area contributed by atoms with Gasteiger partial charge in [0.25, 0.3) is 0 Å². The van der Waals surface area contributed by atoms with Crippen LogP contribution < -0.4 is 18.9 Å². The van der Waals surface area contributed by atoms with E-state index in [9.17, 15) is 4.21 Å². The van der Waals surface area contributed by atoms with Crippen LogP contribution in [0.3, 0.4) is 0 Å². The Balaban J connectivity index is 0.000000264. The van der Waals surface area contributed by atoms with E-state index < -0.39 is 126 Å². The van der Waals surface area contributed by atoms with E-state index in [-0.39, 0.29) is 10.7 Å². The van der Waals surface area contributed by atoms with E-state index in [4.69, 9.17) is 51.8 Å².